The Morgan fingerprint density at radius 3 is 2.75 bits per heavy atom. The molecule has 0 saturated heterocycles. The third-order valence-corrected chi connectivity index (χ3v) is 1.04. The van der Waals surface area contributed by atoms with Gasteiger partial charge in [-0.25, -0.2) is 0 Å². The van der Waals surface area contributed by atoms with E-state index < -0.39 is 5.97 Å². The Kier molecular flexibility index (Phi) is 5.40. The highest BCUT2D eigenvalue weighted by Gasteiger charge is 2.19. The average molecular weight is 175 g/mol. The molecule has 12 heavy (non-hydrogen) atoms. The predicted molar refractivity (Wildman–Crippen MR) is 42.2 cm³/mol. The van der Waals surface area contributed by atoms with Gasteiger partial charge in [-0.05, 0) is 12.5 Å². The number of ether oxygens (including phenoxy) is 2. The van der Waals surface area contributed by atoms with Gasteiger partial charge in [0.2, 0.25) is 0 Å². The van der Waals surface area contributed by atoms with Crippen LogP contribution >= 0.6 is 0 Å². The summed E-state index contributed by atoms with van der Waals surface area (Å²) in [6, 6.07) is 0. The summed E-state index contributed by atoms with van der Waals surface area (Å²) in [6.07, 6.45) is 0. The minimum Gasteiger partial charge on any atom is -0.344 e. The maximum atomic E-state index is 9.23. The molecule has 1 unspecified atom stereocenters. The van der Waals surface area contributed by atoms with Crippen molar-refractivity contribution >= 4 is 0 Å². The van der Waals surface area contributed by atoms with Crippen molar-refractivity contribution in [3.05, 3.63) is 10.4 Å². The van der Waals surface area contributed by atoms with Gasteiger partial charge in [-0.15, -0.1) is 0 Å². The molecule has 0 aliphatic heterocycles. The number of hydrogen-bond donors (Lipinski definition) is 1. The second-order valence-corrected chi connectivity index (χ2v) is 2.13. The van der Waals surface area contributed by atoms with Gasteiger partial charge in [-0.2, -0.15) is 0 Å². The van der Waals surface area contributed by atoms with Gasteiger partial charge in [0, 0.05) is 25.0 Å². The van der Waals surface area contributed by atoms with Crippen LogP contribution in [-0.2, 0) is 9.47 Å². The lowest BCUT2D eigenvalue weighted by Gasteiger charge is -2.22. The molecule has 1 N–H and O–H groups in total. The van der Waals surface area contributed by atoms with E-state index in [0.29, 0.717) is 6.61 Å². The molecule has 0 saturated carbocycles. The summed E-state index contributed by atoms with van der Waals surface area (Å²) in [5.74, 6) is -1.58. The summed E-state index contributed by atoms with van der Waals surface area (Å²) in [5, 5.41) is 12.5. The Hall–Kier alpha value is -0.810. The fraction of sp³-hybridized carbons (Fsp3) is 1.00. The van der Waals surface area contributed by atoms with Crippen LogP contribution in [0.25, 0.3) is 10.4 Å². The van der Waals surface area contributed by atoms with Gasteiger partial charge in [-0.3, -0.25) is 0 Å². The Balaban J connectivity index is 3.52. The summed E-state index contributed by atoms with van der Waals surface area (Å²) in [6.45, 7) is 3.79. The maximum absolute atomic E-state index is 9.23. The molecule has 6 heteroatoms. The predicted octanol–water partition coefficient (Wildman–Crippen LogP) is 1.02. The summed E-state index contributed by atoms with van der Waals surface area (Å²) in [5.41, 5.74) is 7.91. The molecule has 1 atom stereocenters. The standard InChI is InChI=1S/C6H13N3O3/c1-3-11-6(2,10)12-5-4-8-9-7/h10H,3-5H2,1-2H3. The topological polar surface area (TPSA) is 87.5 Å². The summed E-state index contributed by atoms with van der Waals surface area (Å²) in [4.78, 5) is 2.52. The fourth-order valence-corrected chi connectivity index (χ4v) is 0.630. The lowest BCUT2D eigenvalue weighted by Crippen LogP contribution is -2.32. The third kappa shape index (κ3) is 5.94. The summed E-state index contributed by atoms with van der Waals surface area (Å²) >= 11 is 0. The summed E-state index contributed by atoms with van der Waals surface area (Å²) in [7, 11) is 0. The molecule has 0 heterocycles. The number of aliphatic hydroxyl groups is 1. The van der Waals surface area contributed by atoms with Gasteiger partial charge >= 0.3 is 0 Å². The van der Waals surface area contributed by atoms with Crippen molar-refractivity contribution in [2.45, 2.75) is 19.8 Å². The van der Waals surface area contributed by atoms with E-state index in [4.69, 9.17) is 15.0 Å². The third-order valence-electron chi connectivity index (χ3n) is 1.04. The SMILES string of the molecule is CCOC(C)(O)OCCN=[N+]=[N-]. The van der Waals surface area contributed by atoms with Crippen molar-refractivity contribution in [2.75, 3.05) is 19.8 Å². The Morgan fingerprint density at radius 2 is 2.25 bits per heavy atom. The molecule has 0 bridgehead atoms. The van der Waals surface area contributed by atoms with Crippen LogP contribution in [0.5, 0.6) is 0 Å². The first-order valence-electron chi connectivity index (χ1n) is 3.63. The average Bonchev–Trinajstić information content (AvgIpc) is 1.98. The van der Waals surface area contributed by atoms with Gasteiger partial charge in [0.25, 0.3) is 5.97 Å². The van der Waals surface area contributed by atoms with Crippen molar-refractivity contribution < 1.29 is 14.6 Å². The van der Waals surface area contributed by atoms with E-state index in [9.17, 15) is 5.11 Å². The zero-order valence-corrected chi connectivity index (χ0v) is 7.23. The van der Waals surface area contributed by atoms with Gasteiger partial charge < -0.3 is 14.6 Å². The van der Waals surface area contributed by atoms with Gasteiger partial charge in [0.15, 0.2) is 0 Å². The fourth-order valence-electron chi connectivity index (χ4n) is 0.630. The van der Waals surface area contributed by atoms with Crippen LogP contribution in [0.15, 0.2) is 5.11 Å². The molecule has 0 aromatic rings. The van der Waals surface area contributed by atoms with E-state index in [2.05, 4.69) is 10.0 Å². The zero-order valence-electron chi connectivity index (χ0n) is 7.23. The largest absolute Gasteiger partial charge is 0.344 e. The second kappa shape index (κ2) is 5.79. The van der Waals surface area contributed by atoms with E-state index in [1.165, 1.54) is 6.92 Å². The molecule has 70 valence electrons. The van der Waals surface area contributed by atoms with Crippen molar-refractivity contribution in [2.24, 2.45) is 5.11 Å². The lowest BCUT2D eigenvalue weighted by molar-refractivity contribution is -0.346. The number of azide groups is 1. The maximum Gasteiger partial charge on any atom is 0.277 e. The molecule has 0 aromatic carbocycles. The summed E-state index contributed by atoms with van der Waals surface area (Å²) < 4.78 is 9.65. The monoisotopic (exact) mass is 175 g/mol. The van der Waals surface area contributed by atoms with Crippen LogP contribution in [-0.4, -0.2) is 30.8 Å². The second-order valence-electron chi connectivity index (χ2n) is 2.13. The quantitative estimate of drug-likeness (QED) is 0.215. The van der Waals surface area contributed by atoms with Gasteiger partial charge in [0.1, 0.15) is 0 Å². The minimum atomic E-state index is -1.58. The van der Waals surface area contributed by atoms with Crippen LogP contribution in [0.1, 0.15) is 13.8 Å². The van der Waals surface area contributed by atoms with E-state index in [-0.39, 0.29) is 13.2 Å². The number of hydrogen-bond acceptors (Lipinski definition) is 4. The van der Waals surface area contributed by atoms with E-state index in [1.807, 2.05) is 0 Å². The van der Waals surface area contributed by atoms with E-state index >= 15 is 0 Å². The molecular weight excluding hydrogens is 162 g/mol. The van der Waals surface area contributed by atoms with Crippen LogP contribution in [0, 0.1) is 0 Å². The van der Waals surface area contributed by atoms with Crippen LogP contribution in [0.4, 0.5) is 0 Å². The molecule has 0 aromatic heterocycles. The van der Waals surface area contributed by atoms with Crippen molar-refractivity contribution in [3.63, 3.8) is 0 Å². The van der Waals surface area contributed by atoms with Gasteiger partial charge in [-0.1, -0.05) is 5.11 Å². The first kappa shape index (κ1) is 11.2. The Morgan fingerprint density at radius 1 is 1.58 bits per heavy atom. The van der Waals surface area contributed by atoms with Crippen molar-refractivity contribution in [1.82, 2.24) is 0 Å². The molecule has 0 spiro atoms. The Labute approximate surface area is 70.7 Å². The first-order chi connectivity index (χ1) is 5.62. The highest BCUT2D eigenvalue weighted by atomic mass is 16.8. The first-order valence-corrected chi connectivity index (χ1v) is 3.63. The Bertz CT molecular complexity index is 165. The van der Waals surface area contributed by atoms with Crippen molar-refractivity contribution in [3.8, 4) is 0 Å². The molecule has 0 aliphatic rings. The molecule has 0 amide bonds. The normalized spacial score (nSPS) is 14.9. The molecule has 0 rings (SSSR count). The van der Waals surface area contributed by atoms with Crippen LogP contribution in [0.2, 0.25) is 0 Å². The number of rotatable bonds is 6. The molecule has 0 fully saturated rings. The molecule has 6 nitrogen and oxygen atoms in total. The molecular formula is C6H13N3O3. The van der Waals surface area contributed by atoms with E-state index in [1.54, 1.807) is 6.92 Å². The molecule has 0 radical (unpaired) electrons. The smallest absolute Gasteiger partial charge is 0.277 e. The van der Waals surface area contributed by atoms with Crippen LogP contribution < -0.4 is 0 Å². The number of nitrogens with zero attached hydrogens (tertiary/aromatic N) is 3. The minimum absolute atomic E-state index is 0.136. The highest BCUT2D eigenvalue weighted by Crippen LogP contribution is 2.06. The zero-order chi connectivity index (χ0) is 9.45. The van der Waals surface area contributed by atoms with Crippen molar-refractivity contribution in [1.29, 1.82) is 0 Å². The molecule has 0 aliphatic carbocycles. The van der Waals surface area contributed by atoms with E-state index in [0.717, 1.165) is 0 Å². The highest BCUT2D eigenvalue weighted by molar-refractivity contribution is 4.47. The van der Waals surface area contributed by atoms with Crippen LogP contribution in [0.3, 0.4) is 0 Å². The van der Waals surface area contributed by atoms with Gasteiger partial charge in [0.05, 0.1) is 6.61 Å². The lowest BCUT2D eigenvalue weighted by atomic mass is 10.6.